The number of amides is 2. The lowest BCUT2D eigenvalue weighted by molar-refractivity contribution is -0.141. The zero-order valence-electron chi connectivity index (χ0n) is 27.7. The number of nitrogens with two attached hydrogens (primary N) is 1. The summed E-state index contributed by atoms with van der Waals surface area (Å²) in [6.45, 7) is 6.51. The maximum atomic E-state index is 14.7. The Bertz CT molecular complexity index is 1600. The first-order chi connectivity index (χ1) is 21.5. The quantitative estimate of drug-likeness (QED) is 0.351. The van der Waals surface area contributed by atoms with E-state index in [1.807, 2.05) is 26.2 Å². The van der Waals surface area contributed by atoms with E-state index in [-0.39, 0.29) is 11.8 Å². The lowest BCUT2D eigenvalue weighted by Gasteiger charge is -2.43. The molecule has 8 nitrogen and oxygen atoms in total. The van der Waals surface area contributed by atoms with Crippen LogP contribution in [0.1, 0.15) is 85.7 Å². The first-order valence-electron chi connectivity index (χ1n) is 16.5. The third-order valence-electron chi connectivity index (χ3n) is 10.9. The number of aromatic nitrogens is 1. The van der Waals surface area contributed by atoms with Crippen LogP contribution >= 0.6 is 12.8 Å². The molecule has 4 atom stereocenters. The minimum atomic E-state index is -0.539. The van der Waals surface area contributed by atoms with Crippen LogP contribution in [0, 0.1) is 5.41 Å². The highest BCUT2D eigenvalue weighted by Crippen LogP contribution is 2.67. The molecular weight excluding hydrogens is 582 g/mol. The molecule has 2 N–H and O–H groups in total. The summed E-state index contributed by atoms with van der Waals surface area (Å²) in [7, 11) is 7.63. The summed E-state index contributed by atoms with van der Waals surface area (Å²) in [4.78, 5) is 31.5. The Balaban J connectivity index is 0.000000845. The van der Waals surface area contributed by atoms with Crippen molar-refractivity contribution in [3.05, 3.63) is 53.1 Å². The topological polar surface area (TPSA) is 84.0 Å². The van der Waals surface area contributed by atoms with E-state index in [2.05, 4.69) is 72.3 Å². The molecule has 1 aromatic heterocycles. The average molecular weight is 632 g/mol. The molecule has 3 heterocycles. The van der Waals surface area contributed by atoms with Gasteiger partial charge in [-0.2, -0.15) is 0 Å². The van der Waals surface area contributed by atoms with Gasteiger partial charge in [0, 0.05) is 65.2 Å². The highest BCUT2D eigenvalue weighted by Gasteiger charge is 2.65. The van der Waals surface area contributed by atoms with Crippen LogP contribution in [-0.2, 0) is 11.3 Å². The Kier molecular flexibility index (Phi) is 8.74. The maximum absolute atomic E-state index is 14.7. The van der Waals surface area contributed by atoms with Crippen LogP contribution in [-0.4, -0.2) is 83.9 Å². The summed E-state index contributed by atoms with van der Waals surface area (Å²) in [5, 5.41) is 1.19. The van der Waals surface area contributed by atoms with Crippen molar-refractivity contribution in [2.45, 2.75) is 82.8 Å². The summed E-state index contributed by atoms with van der Waals surface area (Å²) in [5.41, 5.74) is 11.7. The van der Waals surface area contributed by atoms with Crippen LogP contribution in [0.5, 0.6) is 5.75 Å². The first kappa shape index (κ1) is 32.0. The van der Waals surface area contributed by atoms with E-state index in [1.165, 1.54) is 47.0 Å². The highest BCUT2D eigenvalue weighted by atomic mass is 32.1. The second-order valence-electron chi connectivity index (χ2n) is 14.0. The van der Waals surface area contributed by atoms with Gasteiger partial charge >= 0.3 is 0 Å². The van der Waals surface area contributed by atoms with Gasteiger partial charge in [-0.05, 0) is 83.9 Å². The Labute approximate surface area is 273 Å². The Morgan fingerprint density at radius 3 is 2.31 bits per heavy atom. The Morgan fingerprint density at radius 2 is 1.69 bits per heavy atom. The van der Waals surface area contributed by atoms with Crippen LogP contribution in [0.3, 0.4) is 0 Å². The molecule has 2 aliphatic heterocycles. The van der Waals surface area contributed by atoms with Crippen molar-refractivity contribution in [1.82, 2.24) is 18.7 Å². The zero-order valence-corrected chi connectivity index (χ0v) is 28.6. The maximum Gasteiger partial charge on any atom is 0.248 e. The highest BCUT2D eigenvalue weighted by molar-refractivity contribution is 7.77. The standard InChI is InChI=1S/C34H42N4O3.C2H7NS/c1-20-17-37(18-21(2)36(20)3)33(40)34-16-26(34)30-25(11-8-12-28(30)41-4)31-29(22-9-6-5-7-10-22)24-14-13-23(32(35)39)15-27(24)38(31)19-34;1-3(2)4/h8,11-15,20-22,26H,5-7,9-10,16-19H2,1-4H3,(H2,35,39);4H,1-2H3/t20-,21+,26?,34?;. The summed E-state index contributed by atoms with van der Waals surface area (Å²) >= 11 is 3.80. The Morgan fingerprint density at radius 1 is 1.02 bits per heavy atom. The molecule has 0 radical (unpaired) electrons. The number of methoxy groups -OCH3 is 1. The van der Waals surface area contributed by atoms with Gasteiger partial charge in [0.25, 0.3) is 0 Å². The van der Waals surface area contributed by atoms with Crippen LogP contribution in [0.25, 0.3) is 22.2 Å². The Hall–Kier alpha value is -3.01. The van der Waals surface area contributed by atoms with Crippen molar-refractivity contribution in [1.29, 1.82) is 0 Å². The van der Waals surface area contributed by atoms with Crippen molar-refractivity contribution in [2.75, 3.05) is 41.3 Å². The SMILES string of the molecule is CN(C)S.COc1cccc2c1C1CC1(C(=O)N1C[C@@H](C)N(C)[C@@H](C)C1)Cn1c-2c(C2CCCCC2)c2ccc(C(N)=O)cc21. The second kappa shape index (κ2) is 12.3. The van der Waals surface area contributed by atoms with Gasteiger partial charge in [-0.3, -0.25) is 18.8 Å². The van der Waals surface area contributed by atoms with Crippen molar-refractivity contribution >= 4 is 35.5 Å². The van der Waals surface area contributed by atoms with E-state index in [1.54, 1.807) is 11.4 Å². The fourth-order valence-electron chi connectivity index (χ4n) is 8.41. The summed E-state index contributed by atoms with van der Waals surface area (Å²) in [6.07, 6.45) is 6.86. The molecule has 2 aliphatic carbocycles. The van der Waals surface area contributed by atoms with E-state index >= 15 is 0 Å². The predicted octanol–water partition coefficient (Wildman–Crippen LogP) is 5.89. The van der Waals surface area contributed by atoms with Gasteiger partial charge in [0.15, 0.2) is 0 Å². The van der Waals surface area contributed by atoms with Gasteiger partial charge < -0.3 is 19.9 Å². The lowest BCUT2D eigenvalue weighted by Crippen LogP contribution is -2.58. The lowest BCUT2D eigenvalue weighted by atomic mass is 9.81. The molecule has 0 spiro atoms. The van der Waals surface area contributed by atoms with Gasteiger partial charge in [0.1, 0.15) is 5.75 Å². The smallest absolute Gasteiger partial charge is 0.248 e. The van der Waals surface area contributed by atoms with Gasteiger partial charge in [-0.1, -0.05) is 50.3 Å². The third kappa shape index (κ3) is 5.55. The van der Waals surface area contributed by atoms with Crippen molar-refractivity contribution in [3.8, 4) is 17.0 Å². The molecule has 2 aromatic carbocycles. The number of primary amides is 1. The molecule has 2 amide bonds. The third-order valence-corrected chi connectivity index (χ3v) is 10.9. The fraction of sp³-hybridized carbons (Fsp3) is 0.556. The molecule has 9 heteroatoms. The van der Waals surface area contributed by atoms with Gasteiger partial charge in [-0.25, -0.2) is 0 Å². The molecule has 3 aromatic rings. The molecule has 0 bridgehead atoms. The van der Waals surface area contributed by atoms with E-state index in [0.717, 1.165) is 43.6 Å². The number of hydrogen-bond donors (Lipinski definition) is 2. The number of hydrogen-bond acceptors (Lipinski definition) is 6. The molecule has 45 heavy (non-hydrogen) atoms. The number of carbonyl (C=O) groups excluding carboxylic acids is 2. The minimum absolute atomic E-state index is 0.0971. The summed E-state index contributed by atoms with van der Waals surface area (Å²) in [6, 6.07) is 12.9. The summed E-state index contributed by atoms with van der Waals surface area (Å²) < 4.78 is 10.1. The largest absolute Gasteiger partial charge is 0.496 e. The summed E-state index contributed by atoms with van der Waals surface area (Å²) in [5.74, 6) is 1.24. The minimum Gasteiger partial charge on any atom is -0.496 e. The number of rotatable bonds is 4. The number of nitrogens with zero attached hydrogens (tertiary/aromatic N) is 4. The average Bonchev–Trinajstić information content (AvgIpc) is 3.68. The zero-order chi connectivity index (χ0) is 32.2. The molecule has 3 fully saturated rings. The van der Waals surface area contributed by atoms with Crippen LogP contribution in [0.2, 0.25) is 0 Å². The van der Waals surface area contributed by atoms with E-state index in [0.29, 0.717) is 30.1 Å². The molecule has 7 rings (SSSR count). The van der Waals surface area contributed by atoms with Crippen molar-refractivity contribution in [3.63, 3.8) is 0 Å². The van der Waals surface area contributed by atoms with Crippen molar-refractivity contribution < 1.29 is 14.3 Å². The second-order valence-corrected chi connectivity index (χ2v) is 14.8. The van der Waals surface area contributed by atoms with E-state index in [9.17, 15) is 9.59 Å². The number of likely N-dealkylation sites (N-methyl/N-ethyl adjacent to an activating group) is 1. The molecule has 1 saturated heterocycles. The van der Waals surface area contributed by atoms with Gasteiger partial charge in [-0.15, -0.1) is 0 Å². The van der Waals surface area contributed by atoms with Crippen LogP contribution < -0.4 is 10.5 Å². The number of fused-ring (bicyclic) bond motifs is 7. The number of thiol groups is 1. The van der Waals surface area contributed by atoms with Gasteiger partial charge in [0.05, 0.1) is 18.2 Å². The molecular formula is C36H49N5O3S. The number of benzene rings is 2. The van der Waals surface area contributed by atoms with E-state index in [4.69, 9.17) is 10.5 Å². The molecule has 242 valence electrons. The predicted molar refractivity (Wildman–Crippen MR) is 184 cm³/mol. The molecule has 4 aliphatic rings. The molecule has 2 unspecified atom stereocenters. The van der Waals surface area contributed by atoms with Crippen LogP contribution in [0.4, 0.5) is 0 Å². The van der Waals surface area contributed by atoms with E-state index < -0.39 is 11.3 Å². The number of ether oxygens (including phenoxy) is 1. The fourth-order valence-corrected chi connectivity index (χ4v) is 8.41. The normalized spacial score (nSPS) is 26.3. The number of carbonyl (C=O) groups is 2. The number of piperazine rings is 1. The van der Waals surface area contributed by atoms with Gasteiger partial charge in [0.2, 0.25) is 11.8 Å². The monoisotopic (exact) mass is 631 g/mol. The first-order valence-corrected chi connectivity index (χ1v) is 16.9. The van der Waals surface area contributed by atoms with Crippen LogP contribution in [0.15, 0.2) is 36.4 Å². The van der Waals surface area contributed by atoms with Crippen molar-refractivity contribution in [2.24, 2.45) is 11.1 Å². The molecule has 2 saturated carbocycles.